The average Bonchev–Trinajstić information content (AvgIpc) is 2.82. The molecule has 0 aliphatic heterocycles. The number of imidazole rings is 1. The van der Waals surface area contributed by atoms with Crippen LogP contribution in [0.3, 0.4) is 0 Å². The van der Waals surface area contributed by atoms with Gasteiger partial charge in [-0.3, -0.25) is 0 Å². The largest absolute Gasteiger partial charge is 0.330 e. The van der Waals surface area contributed by atoms with Gasteiger partial charge in [-0.2, -0.15) is 0 Å². The van der Waals surface area contributed by atoms with Crippen LogP contribution in [0.2, 0.25) is 0 Å². The molecular formula is C14H17BrFN3. The number of rotatable bonds is 4. The summed E-state index contributed by atoms with van der Waals surface area (Å²) in [6.45, 7) is 4.83. The maximum absolute atomic E-state index is 13.3. The lowest BCUT2D eigenvalue weighted by Crippen LogP contribution is -2.20. The lowest BCUT2D eigenvalue weighted by atomic mass is 9.93. The summed E-state index contributed by atoms with van der Waals surface area (Å²) < 4.78 is 15.7. The van der Waals surface area contributed by atoms with Crippen molar-refractivity contribution in [3.63, 3.8) is 0 Å². The van der Waals surface area contributed by atoms with Crippen LogP contribution in [-0.4, -0.2) is 16.1 Å². The van der Waals surface area contributed by atoms with Crippen LogP contribution < -0.4 is 5.73 Å². The summed E-state index contributed by atoms with van der Waals surface area (Å²) in [5.41, 5.74) is 7.78. The normalized spacial score (nSPS) is 12.9. The van der Waals surface area contributed by atoms with Gasteiger partial charge in [0.05, 0.1) is 10.8 Å². The Hall–Kier alpha value is -1.20. The zero-order valence-electron chi connectivity index (χ0n) is 11.0. The van der Waals surface area contributed by atoms with E-state index in [1.165, 1.54) is 6.07 Å². The molecule has 0 spiro atoms. The van der Waals surface area contributed by atoms with Gasteiger partial charge in [-0.25, -0.2) is 9.37 Å². The van der Waals surface area contributed by atoms with Crippen molar-refractivity contribution < 1.29 is 4.39 Å². The molecular weight excluding hydrogens is 309 g/mol. The molecule has 0 aliphatic carbocycles. The van der Waals surface area contributed by atoms with Crippen molar-refractivity contribution in [1.82, 2.24) is 9.55 Å². The van der Waals surface area contributed by atoms with E-state index in [1.807, 2.05) is 10.8 Å². The van der Waals surface area contributed by atoms with E-state index in [4.69, 9.17) is 5.73 Å². The smallest absolute Gasteiger partial charge is 0.137 e. The van der Waals surface area contributed by atoms with Crippen LogP contribution in [-0.2, 0) is 0 Å². The van der Waals surface area contributed by atoms with Crippen LogP contribution in [0, 0.1) is 11.7 Å². The fourth-order valence-electron chi connectivity index (χ4n) is 2.16. The first kappa shape index (κ1) is 14.2. The highest BCUT2D eigenvalue weighted by atomic mass is 79.9. The third-order valence-electron chi connectivity index (χ3n) is 3.29. The Morgan fingerprint density at radius 2 is 2.16 bits per heavy atom. The van der Waals surface area contributed by atoms with E-state index >= 15 is 0 Å². The second kappa shape index (κ2) is 5.84. The minimum Gasteiger partial charge on any atom is -0.330 e. The number of nitrogens with zero attached hydrogens (tertiary/aromatic N) is 2. The summed E-state index contributed by atoms with van der Waals surface area (Å²) in [6.07, 6.45) is 3.56. The number of hydrogen-bond acceptors (Lipinski definition) is 2. The summed E-state index contributed by atoms with van der Waals surface area (Å²) in [5, 5.41) is 0. The van der Waals surface area contributed by atoms with E-state index in [1.54, 1.807) is 18.5 Å². The van der Waals surface area contributed by atoms with E-state index in [9.17, 15) is 4.39 Å². The molecule has 0 bridgehead atoms. The van der Waals surface area contributed by atoms with Crippen LogP contribution in [0.4, 0.5) is 4.39 Å². The van der Waals surface area contributed by atoms with Crippen molar-refractivity contribution >= 4 is 15.9 Å². The molecule has 0 aliphatic rings. The highest BCUT2D eigenvalue weighted by Crippen LogP contribution is 2.27. The van der Waals surface area contributed by atoms with Gasteiger partial charge in [0.15, 0.2) is 0 Å². The van der Waals surface area contributed by atoms with Crippen LogP contribution in [0.5, 0.6) is 0 Å². The molecule has 1 aromatic carbocycles. The fourth-order valence-corrected chi connectivity index (χ4v) is 2.53. The fraction of sp³-hybridized carbons (Fsp3) is 0.357. The molecule has 19 heavy (non-hydrogen) atoms. The molecule has 0 amide bonds. The minimum absolute atomic E-state index is 0.228. The Morgan fingerprint density at radius 1 is 1.42 bits per heavy atom. The van der Waals surface area contributed by atoms with Gasteiger partial charge < -0.3 is 10.3 Å². The van der Waals surface area contributed by atoms with Crippen molar-refractivity contribution in [1.29, 1.82) is 0 Å². The first-order chi connectivity index (χ1) is 9.04. The van der Waals surface area contributed by atoms with Crippen molar-refractivity contribution in [3.05, 3.63) is 46.7 Å². The molecule has 0 fully saturated rings. The van der Waals surface area contributed by atoms with Crippen LogP contribution in [0.1, 0.15) is 25.5 Å². The highest BCUT2D eigenvalue weighted by molar-refractivity contribution is 9.10. The van der Waals surface area contributed by atoms with Gasteiger partial charge in [0.25, 0.3) is 0 Å². The van der Waals surface area contributed by atoms with Gasteiger partial charge in [0.2, 0.25) is 0 Å². The quantitative estimate of drug-likeness (QED) is 0.935. The molecule has 2 rings (SSSR count). The molecule has 0 saturated carbocycles. The van der Waals surface area contributed by atoms with Crippen LogP contribution in [0.15, 0.2) is 35.2 Å². The van der Waals surface area contributed by atoms with Crippen LogP contribution in [0.25, 0.3) is 5.69 Å². The summed E-state index contributed by atoms with van der Waals surface area (Å²) in [4.78, 5) is 4.20. The van der Waals surface area contributed by atoms with E-state index < -0.39 is 0 Å². The zero-order chi connectivity index (χ0) is 14.0. The Balaban J connectivity index is 2.46. The van der Waals surface area contributed by atoms with Crippen LogP contribution >= 0.6 is 15.9 Å². The van der Waals surface area contributed by atoms with Crippen molar-refractivity contribution in [2.24, 2.45) is 11.7 Å². The third kappa shape index (κ3) is 2.87. The number of benzene rings is 1. The lowest BCUT2D eigenvalue weighted by Gasteiger charge is -2.20. The van der Waals surface area contributed by atoms with Gasteiger partial charge in [0.1, 0.15) is 5.82 Å². The van der Waals surface area contributed by atoms with Crippen molar-refractivity contribution in [3.8, 4) is 5.69 Å². The maximum Gasteiger partial charge on any atom is 0.137 e. The Bertz CT molecular complexity index is 566. The van der Waals surface area contributed by atoms with Gasteiger partial charge in [-0.1, -0.05) is 13.8 Å². The second-order valence-corrected chi connectivity index (χ2v) is 5.73. The summed E-state index contributed by atoms with van der Waals surface area (Å²) in [6, 6.07) is 4.92. The molecule has 0 radical (unpaired) electrons. The summed E-state index contributed by atoms with van der Waals surface area (Å²) >= 11 is 3.21. The first-order valence-corrected chi connectivity index (χ1v) is 7.01. The second-order valence-electron chi connectivity index (χ2n) is 4.87. The summed E-state index contributed by atoms with van der Waals surface area (Å²) in [5.74, 6) is 0.375. The molecule has 5 heteroatoms. The van der Waals surface area contributed by atoms with E-state index in [2.05, 4.69) is 34.8 Å². The molecule has 2 aromatic rings. The molecule has 1 atom stereocenters. The van der Waals surface area contributed by atoms with E-state index in [-0.39, 0.29) is 11.7 Å². The molecule has 1 heterocycles. The predicted molar refractivity (Wildman–Crippen MR) is 77.9 cm³/mol. The summed E-state index contributed by atoms with van der Waals surface area (Å²) in [7, 11) is 0. The Labute approximate surface area is 120 Å². The van der Waals surface area contributed by atoms with E-state index in [0.717, 1.165) is 11.4 Å². The molecule has 1 aromatic heterocycles. The van der Waals surface area contributed by atoms with Crippen molar-refractivity contribution in [2.75, 3.05) is 6.54 Å². The zero-order valence-corrected chi connectivity index (χ0v) is 12.6. The predicted octanol–water partition coefficient (Wildman–Crippen LogP) is 3.47. The topological polar surface area (TPSA) is 43.8 Å². The molecule has 1 unspecified atom stereocenters. The lowest BCUT2D eigenvalue weighted by molar-refractivity contribution is 0.489. The molecule has 0 saturated heterocycles. The molecule has 3 nitrogen and oxygen atoms in total. The first-order valence-electron chi connectivity index (χ1n) is 6.22. The van der Waals surface area contributed by atoms with Gasteiger partial charge >= 0.3 is 0 Å². The highest BCUT2D eigenvalue weighted by Gasteiger charge is 2.19. The number of aromatic nitrogens is 2. The molecule has 102 valence electrons. The Kier molecular flexibility index (Phi) is 4.37. The third-order valence-corrected chi connectivity index (χ3v) is 3.89. The standard InChI is InChI=1S/C14H17BrFN3/c1-9(2)11(6-17)14-7-18-8-19(14)10-3-4-13(16)12(15)5-10/h3-5,7-9,11H,6,17H2,1-2H3. The maximum atomic E-state index is 13.3. The monoisotopic (exact) mass is 325 g/mol. The van der Waals surface area contributed by atoms with Gasteiger partial charge in [-0.05, 0) is 40.0 Å². The van der Waals surface area contributed by atoms with Gasteiger partial charge in [-0.15, -0.1) is 0 Å². The minimum atomic E-state index is -0.273. The number of halogens is 2. The number of hydrogen-bond donors (Lipinski definition) is 1. The van der Waals surface area contributed by atoms with Gasteiger partial charge in [0, 0.05) is 30.0 Å². The number of nitrogens with two attached hydrogens (primary N) is 1. The SMILES string of the molecule is CC(C)C(CN)c1cncn1-c1ccc(F)c(Br)c1. The molecule has 2 N–H and O–H groups in total. The van der Waals surface area contributed by atoms with Crippen molar-refractivity contribution in [2.45, 2.75) is 19.8 Å². The Morgan fingerprint density at radius 3 is 2.74 bits per heavy atom. The average molecular weight is 326 g/mol. The van der Waals surface area contributed by atoms with E-state index in [0.29, 0.717) is 16.9 Å².